The molecule has 0 amide bonds. The molecule has 1 nitrogen and oxygen atoms in total. The Kier molecular flexibility index (Phi) is 6.06. The molecule has 0 fully saturated rings. The Labute approximate surface area is 134 Å². The molecular weight excluding hydrogens is 266 g/mol. The molecule has 1 N–H and O–H groups in total. The zero-order valence-corrected chi connectivity index (χ0v) is 13.5. The van der Waals surface area contributed by atoms with Crippen molar-refractivity contribution >= 4 is 5.69 Å². The van der Waals surface area contributed by atoms with Gasteiger partial charge in [0.15, 0.2) is 0 Å². The van der Waals surface area contributed by atoms with Gasteiger partial charge < -0.3 is 5.32 Å². The van der Waals surface area contributed by atoms with Crippen molar-refractivity contribution in [1.82, 2.24) is 0 Å². The van der Waals surface area contributed by atoms with Crippen LogP contribution in [0, 0.1) is 5.92 Å². The molecule has 2 atom stereocenters. The van der Waals surface area contributed by atoms with Gasteiger partial charge in [-0.25, -0.2) is 0 Å². The van der Waals surface area contributed by atoms with Crippen LogP contribution in [0.1, 0.15) is 30.4 Å². The van der Waals surface area contributed by atoms with Gasteiger partial charge in [-0.2, -0.15) is 0 Å². The van der Waals surface area contributed by atoms with E-state index in [1.165, 1.54) is 16.8 Å². The molecule has 2 aromatic rings. The zero-order chi connectivity index (χ0) is 15.8. The normalized spacial score (nSPS) is 13.0. The molecular formula is C21H25N. The standard InChI is InChI=1S/C21H25N/c1-4-10-17(2)19(16-15-18-11-6-5-7-12-18)20-13-8-9-14-21(20)22-3/h5-14,17,19,22H,1,15-16H2,2-3H3. The number of aryl methyl sites for hydroxylation is 1. The molecule has 0 aliphatic heterocycles. The molecule has 1 heteroatoms. The van der Waals surface area contributed by atoms with Crippen molar-refractivity contribution < 1.29 is 0 Å². The monoisotopic (exact) mass is 291 g/mol. The molecule has 0 saturated heterocycles. The Balaban J connectivity index is 2.24. The largest absolute Gasteiger partial charge is 0.388 e. The van der Waals surface area contributed by atoms with Gasteiger partial charge in [-0.1, -0.05) is 62.0 Å². The molecule has 0 aromatic heterocycles. The molecule has 0 aliphatic rings. The van der Waals surface area contributed by atoms with E-state index in [4.69, 9.17) is 0 Å². The van der Waals surface area contributed by atoms with E-state index >= 15 is 0 Å². The van der Waals surface area contributed by atoms with Gasteiger partial charge in [-0.15, -0.1) is 5.73 Å². The fourth-order valence-electron chi connectivity index (χ4n) is 3.02. The van der Waals surface area contributed by atoms with E-state index in [-0.39, 0.29) is 0 Å². The van der Waals surface area contributed by atoms with Gasteiger partial charge in [-0.05, 0) is 47.9 Å². The van der Waals surface area contributed by atoms with E-state index < -0.39 is 0 Å². The van der Waals surface area contributed by atoms with Crippen molar-refractivity contribution in [2.75, 3.05) is 12.4 Å². The highest BCUT2D eigenvalue weighted by Crippen LogP contribution is 2.34. The second-order valence-electron chi connectivity index (χ2n) is 5.70. The van der Waals surface area contributed by atoms with Crippen LogP contribution in [0.3, 0.4) is 0 Å². The van der Waals surface area contributed by atoms with E-state index in [0.717, 1.165) is 12.8 Å². The molecule has 22 heavy (non-hydrogen) atoms. The van der Waals surface area contributed by atoms with Gasteiger partial charge in [0, 0.05) is 12.7 Å². The van der Waals surface area contributed by atoms with Crippen molar-refractivity contribution in [2.24, 2.45) is 5.92 Å². The van der Waals surface area contributed by atoms with Crippen molar-refractivity contribution in [3.8, 4) is 0 Å². The maximum Gasteiger partial charge on any atom is 0.0373 e. The van der Waals surface area contributed by atoms with E-state index in [1.54, 1.807) is 0 Å². The first-order chi connectivity index (χ1) is 10.8. The molecule has 2 rings (SSSR count). The lowest BCUT2D eigenvalue weighted by Gasteiger charge is -2.24. The maximum atomic E-state index is 3.74. The molecule has 0 spiro atoms. The lowest BCUT2D eigenvalue weighted by atomic mass is 9.82. The van der Waals surface area contributed by atoms with Crippen molar-refractivity contribution in [3.05, 3.63) is 84.1 Å². The molecule has 0 heterocycles. The predicted molar refractivity (Wildman–Crippen MR) is 96.4 cm³/mol. The van der Waals surface area contributed by atoms with Crippen LogP contribution in [0.15, 0.2) is 73.0 Å². The summed E-state index contributed by atoms with van der Waals surface area (Å²) >= 11 is 0. The third-order valence-electron chi connectivity index (χ3n) is 4.23. The molecule has 114 valence electrons. The minimum absolute atomic E-state index is 0.413. The molecule has 0 saturated carbocycles. The topological polar surface area (TPSA) is 12.0 Å². The van der Waals surface area contributed by atoms with Crippen LogP contribution in [0.25, 0.3) is 0 Å². The Morgan fingerprint density at radius 1 is 1.09 bits per heavy atom. The molecule has 0 radical (unpaired) electrons. The molecule has 2 unspecified atom stereocenters. The molecule has 2 aromatic carbocycles. The molecule has 0 bridgehead atoms. The summed E-state index contributed by atoms with van der Waals surface area (Å²) in [6.45, 7) is 5.99. The van der Waals surface area contributed by atoms with Crippen LogP contribution in [-0.4, -0.2) is 7.05 Å². The number of para-hydroxylation sites is 1. The average Bonchev–Trinajstić information content (AvgIpc) is 2.56. The first kappa shape index (κ1) is 16.1. The summed E-state index contributed by atoms with van der Waals surface area (Å²) in [6, 6.07) is 19.3. The van der Waals surface area contributed by atoms with Crippen molar-refractivity contribution in [3.63, 3.8) is 0 Å². The van der Waals surface area contributed by atoms with E-state index in [0.29, 0.717) is 11.8 Å². The van der Waals surface area contributed by atoms with Crippen LogP contribution in [0.4, 0.5) is 5.69 Å². The summed E-state index contributed by atoms with van der Waals surface area (Å²) in [6.07, 6.45) is 4.28. The number of benzene rings is 2. The van der Waals surface area contributed by atoms with E-state index in [1.807, 2.05) is 7.05 Å². The third-order valence-corrected chi connectivity index (χ3v) is 4.23. The van der Waals surface area contributed by atoms with Crippen LogP contribution in [0.2, 0.25) is 0 Å². The highest BCUT2D eigenvalue weighted by Gasteiger charge is 2.19. The van der Waals surface area contributed by atoms with Gasteiger partial charge in [-0.3, -0.25) is 0 Å². The second kappa shape index (κ2) is 8.26. The number of hydrogen-bond acceptors (Lipinski definition) is 1. The van der Waals surface area contributed by atoms with E-state index in [9.17, 15) is 0 Å². The van der Waals surface area contributed by atoms with Crippen molar-refractivity contribution in [2.45, 2.75) is 25.7 Å². The lowest BCUT2D eigenvalue weighted by Crippen LogP contribution is -2.11. The Morgan fingerprint density at radius 2 is 1.77 bits per heavy atom. The zero-order valence-electron chi connectivity index (χ0n) is 13.5. The first-order valence-electron chi connectivity index (χ1n) is 7.92. The first-order valence-corrected chi connectivity index (χ1v) is 7.92. The predicted octanol–water partition coefficient (Wildman–Crippen LogP) is 5.42. The van der Waals surface area contributed by atoms with Gasteiger partial charge in [0.25, 0.3) is 0 Å². The number of rotatable bonds is 7. The maximum absolute atomic E-state index is 3.74. The van der Waals surface area contributed by atoms with Gasteiger partial charge in [0.05, 0.1) is 0 Å². The quantitative estimate of drug-likeness (QED) is 0.671. The third kappa shape index (κ3) is 4.13. The number of allylic oxidation sites excluding steroid dienone is 1. The van der Waals surface area contributed by atoms with Crippen LogP contribution >= 0.6 is 0 Å². The van der Waals surface area contributed by atoms with E-state index in [2.05, 4.69) is 85.2 Å². The summed E-state index contributed by atoms with van der Waals surface area (Å²) < 4.78 is 0. The number of nitrogens with one attached hydrogen (secondary N) is 1. The highest BCUT2D eigenvalue weighted by atomic mass is 14.8. The number of anilines is 1. The Morgan fingerprint density at radius 3 is 2.45 bits per heavy atom. The van der Waals surface area contributed by atoms with Crippen LogP contribution in [0.5, 0.6) is 0 Å². The second-order valence-corrected chi connectivity index (χ2v) is 5.70. The molecule has 0 aliphatic carbocycles. The summed E-state index contributed by atoms with van der Waals surface area (Å²) in [4.78, 5) is 0. The lowest BCUT2D eigenvalue weighted by molar-refractivity contribution is 0.511. The SMILES string of the molecule is C=C=CC(C)C(CCc1ccccc1)c1ccccc1NC. The van der Waals surface area contributed by atoms with Gasteiger partial charge in [0.1, 0.15) is 0 Å². The fourth-order valence-corrected chi connectivity index (χ4v) is 3.02. The summed E-state index contributed by atoms with van der Waals surface area (Å²) in [7, 11) is 1.99. The Bertz CT molecular complexity index is 623. The van der Waals surface area contributed by atoms with Gasteiger partial charge in [0.2, 0.25) is 0 Å². The van der Waals surface area contributed by atoms with Crippen LogP contribution in [-0.2, 0) is 6.42 Å². The number of hydrogen-bond donors (Lipinski definition) is 1. The minimum atomic E-state index is 0.413. The summed E-state index contributed by atoms with van der Waals surface area (Å²) in [5.74, 6) is 0.869. The Hall–Kier alpha value is -2.24. The van der Waals surface area contributed by atoms with Gasteiger partial charge >= 0.3 is 0 Å². The summed E-state index contributed by atoms with van der Waals surface area (Å²) in [5, 5.41) is 3.32. The fraction of sp³-hybridized carbons (Fsp3) is 0.286. The summed E-state index contributed by atoms with van der Waals surface area (Å²) in [5.41, 5.74) is 6.94. The average molecular weight is 291 g/mol. The minimum Gasteiger partial charge on any atom is -0.388 e. The highest BCUT2D eigenvalue weighted by molar-refractivity contribution is 5.52. The van der Waals surface area contributed by atoms with Crippen molar-refractivity contribution in [1.29, 1.82) is 0 Å². The smallest absolute Gasteiger partial charge is 0.0373 e. The van der Waals surface area contributed by atoms with Crippen LogP contribution < -0.4 is 5.32 Å².